The highest BCUT2D eigenvalue weighted by atomic mass is 31.1. The molecule has 29 heavy (non-hydrogen) atoms. The van der Waals surface area contributed by atoms with Crippen LogP contribution in [0.1, 0.15) is 143 Å². The lowest BCUT2D eigenvalue weighted by atomic mass is 9.76. The molecule has 172 valence electrons. The van der Waals surface area contributed by atoms with Gasteiger partial charge in [-0.05, 0) is 61.4 Å². The molecule has 1 heteroatoms. The molecule has 1 saturated carbocycles. The summed E-state index contributed by atoms with van der Waals surface area (Å²) in [5.74, 6) is 3.19. The van der Waals surface area contributed by atoms with Crippen molar-refractivity contribution < 1.29 is 0 Å². The molecule has 1 aliphatic heterocycles. The number of hydrogen-bond acceptors (Lipinski definition) is 0. The number of unbranched alkanes of at least 4 members (excludes halogenated alkanes) is 15. The third kappa shape index (κ3) is 10.5. The number of fused-ring (bicyclic) bond motifs is 2. The highest BCUT2D eigenvalue weighted by Gasteiger charge is 2.39. The summed E-state index contributed by atoms with van der Waals surface area (Å²) in [5.41, 5.74) is 1.15. The minimum atomic E-state index is 0.368. The fraction of sp³-hybridized carbons (Fsp3) is 1.00. The van der Waals surface area contributed by atoms with Crippen molar-refractivity contribution in [1.82, 2.24) is 0 Å². The van der Waals surface area contributed by atoms with Gasteiger partial charge in [-0.15, -0.1) is 7.92 Å². The van der Waals surface area contributed by atoms with Gasteiger partial charge in [0.2, 0.25) is 0 Å². The zero-order chi connectivity index (χ0) is 20.7. The van der Waals surface area contributed by atoms with Gasteiger partial charge in [-0.25, -0.2) is 0 Å². The van der Waals surface area contributed by atoms with Crippen molar-refractivity contribution in [3.63, 3.8) is 0 Å². The Hall–Kier alpha value is 0.430. The van der Waals surface area contributed by atoms with Crippen molar-refractivity contribution in [2.75, 3.05) is 12.3 Å². The van der Waals surface area contributed by atoms with Crippen molar-refractivity contribution in [2.24, 2.45) is 17.8 Å². The number of hydrogen-bond donors (Lipinski definition) is 0. The molecule has 0 aromatic carbocycles. The minimum absolute atomic E-state index is 0.368. The van der Waals surface area contributed by atoms with Crippen LogP contribution >= 0.6 is 7.92 Å². The van der Waals surface area contributed by atoms with E-state index in [-0.39, 0.29) is 0 Å². The van der Waals surface area contributed by atoms with Gasteiger partial charge in [0.05, 0.1) is 0 Å². The Balaban J connectivity index is 1.34. The molecule has 1 heterocycles. The van der Waals surface area contributed by atoms with Gasteiger partial charge in [0.1, 0.15) is 0 Å². The smallest absolute Gasteiger partial charge is 0.0181 e. The van der Waals surface area contributed by atoms with Crippen molar-refractivity contribution >= 4 is 7.92 Å². The van der Waals surface area contributed by atoms with E-state index in [1.807, 2.05) is 0 Å². The van der Waals surface area contributed by atoms with E-state index in [2.05, 4.69) is 20.8 Å². The Morgan fingerprint density at radius 1 is 0.586 bits per heavy atom. The molecule has 0 amide bonds. The normalized spacial score (nSPS) is 29.3. The standard InChI is InChI=1S/C28H55P/c1-4-5-6-7-8-9-10-11-12-13-14-15-16-17-18-19-22-29-24-26(3)27-21-20-25(2)28(29)23-27/h25-28H,4-24H2,1-3H3/t25-,26-,27+,28+,29?/m0/s1. The lowest BCUT2D eigenvalue weighted by molar-refractivity contribution is 0.226. The molecule has 0 radical (unpaired) electrons. The van der Waals surface area contributed by atoms with Crippen LogP contribution in [-0.4, -0.2) is 18.0 Å². The van der Waals surface area contributed by atoms with Gasteiger partial charge >= 0.3 is 0 Å². The lowest BCUT2D eigenvalue weighted by Crippen LogP contribution is -2.37. The topological polar surface area (TPSA) is 0 Å². The number of rotatable bonds is 17. The SMILES string of the molecule is CCCCCCCCCCCCCCCCCCP1C[C@H](C)[C@@H]2CC[C@H](C)[C@H]1C2. The highest BCUT2D eigenvalue weighted by Crippen LogP contribution is 2.58. The van der Waals surface area contributed by atoms with Gasteiger partial charge in [-0.3, -0.25) is 0 Å². The summed E-state index contributed by atoms with van der Waals surface area (Å²) in [5, 5.41) is 0. The van der Waals surface area contributed by atoms with Crippen LogP contribution in [0.4, 0.5) is 0 Å². The average Bonchev–Trinajstić information content (AvgIpc) is 2.72. The molecule has 0 nitrogen and oxygen atoms in total. The summed E-state index contributed by atoms with van der Waals surface area (Å²) < 4.78 is 0. The van der Waals surface area contributed by atoms with E-state index in [1.165, 1.54) is 103 Å². The Labute approximate surface area is 186 Å². The summed E-state index contributed by atoms with van der Waals surface area (Å²) >= 11 is 0. The van der Waals surface area contributed by atoms with Gasteiger partial charge in [0.25, 0.3) is 0 Å². The molecule has 2 rings (SSSR count). The van der Waals surface area contributed by atoms with Crippen molar-refractivity contribution in [2.45, 2.75) is 148 Å². The fourth-order valence-electron chi connectivity index (χ4n) is 6.13. The molecule has 0 aromatic heterocycles. The average molecular weight is 423 g/mol. The Kier molecular flexibility index (Phi) is 14.3. The van der Waals surface area contributed by atoms with E-state index >= 15 is 0 Å². The second-order valence-corrected chi connectivity index (χ2v) is 13.5. The van der Waals surface area contributed by atoms with Crippen LogP contribution < -0.4 is 0 Å². The predicted octanol–water partition coefficient (Wildman–Crippen LogP) is 10.2. The Morgan fingerprint density at radius 2 is 1.07 bits per heavy atom. The zero-order valence-corrected chi connectivity index (χ0v) is 21.5. The van der Waals surface area contributed by atoms with Gasteiger partial charge < -0.3 is 0 Å². The van der Waals surface area contributed by atoms with Gasteiger partial charge in [0, 0.05) is 0 Å². The first-order valence-electron chi connectivity index (χ1n) is 14.0. The maximum Gasteiger partial charge on any atom is -0.0181 e. The molecule has 1 unspecified atom stereocenters. The summed E-state index contributed by atoms with van der Waals surface area (Å²) in [7, 11) is 0.368. The summed E-state index contributed by atoms with van der Waals surface area (Å²) in [6, 6.07) is 0. The molecule has 2 aliphatic rings. The van der Waals surface area contributed by atoms with Gasteiger partial charge in [-0.2, -0.15) is 0 Å². The van der Waals surface area contributed by atoms with E-state index in [9.17, 15) is 0 Å². The van der Waals surface area contributed by atoms with Crippen molar-refractivity contribution in [3.8, 4) is 0 Å². The zero-order valence-electron chi connectivity index (χ0n) is 20.6. The van der Waals surface area contributed by atoms with E-state index in [1.54, 1.807) is 31.6 Å². The van der Waals surface area contributed by atoms with Crippen LogP contribution in [0.15, 0.2) is 0 Å². The van der Waals surface area contributed by atoms with Gasteiger partial charge in [0.15, 0.2) is 0 Å². The molecule has 1 aliphatic carbocycles. The summed E-state index contributed by atoms with van der Waals surface area (Å²) in [6.07, 6.45) is 31.8. The van der Waals surface area contributed by atoms with Crippen LogP contribution in [0, 0.1) is 17.8 Å². The molecule has 1 saturated heterocycles. The van der Waals surface area contributed by atoms with E-state index in [0.29, 0.717) is 7.92 Å². The quantitative estimate of drug-likeness (QED) is 0.161. The molecule has 0 spiro atoms. The second kappa shape index (κ2) is 16.1. The minimum Gasteiger partial charge on any atom is -0.103 e. The maximum atomic E-state index is 2.57. The monoisotopic (exact) mass is 422 g/mol. The predicted molar refractivity (Wildman–Crippen MR) is 136 cm³/mol. The molecular formula is C28H55P. The molecule has 0 aromatic rings. The molecule has 2 fully saturated rings. The fourth-order valence-corrected chi connectivity index (χ4v) is 10.0. The Bertz CT molecular complexity index is 379. The molecular weight excluding hydrogens is 367 g/mol. The van der Waals surface area contributed by atoms with Crippen molar-refractivity contribution in [1.29, 1.82) is 0 Å². The van der Waals surface area contributed by atoms with Crippen LogP contribution in [-0.2, 0) is 0 Å². The summed E-state index contributed by atoms with van der Waals surface area (Å²) in [6.45, 7) is 7.45. The Morgan fingerprint density at radius 3 is 1.59 bits per heavy atom. The van der Waals surface area contributed by atoms with Crippen LogP contribution in [0.2, 0.25) is 0 Å². The molecule has 0 N–H and O–H groups in total. The third-order valence-electron chi connectivity index (χ3n) is 8.29. The second-order valence-electron chi connectivity index (χ2n) is 10.9. The van der Waals surface area contributed by atoms with Crippen LogP contribution in [0.3, 0.4) is 0 Å². The van der Waals surface area contributed by atoms with Crippen LogP contribution in [0.5, 0.6) is 0 Å². The van der Waals surface area contributed by atoms with E-state index in [0.717, 1.165) is 23.4 Å². The van der Waals surface area contributed by atoms with Crippen molar-refractivity contribution in [3.05, 3.63) is 0 Å². The lowest BCUT2D eigenvalue weighted by Gasteiger charge is -2.47. The first-order chi connectivity index (χ1) is 14.2. The maximum absolute atomic E-state index is 2.57. The largest absolute Gasteiger partial charge is 0.103 e. The van der Waals surface area contributed by atoms with E-state index in [4.69, 9.17) is 0 Å². The molecule has 5 atom stereocenters. The van der Waals surface area contributed by atoms with Gasteiger partial charge in [-0.1, -0.05) is 117 Å². The first kappa shape index (κ1) is 25.7. The van der Waals surface area contributed by atoms with Crippen LogP contribution in [0.25, 0.3) is 0 Å². The third-order valence-corrected chi connectivity index (χ3v) is 11.9. The highest BCUT2D eigenvalue weighted by molar-refractivity contribution is 7.58. The van der Waals surface area contributed by atoms with E-state index < -0.39 is 0 Å². The first-order valence-corrected chi connectivity index (χ1v) is 15.7. The molecule has 2 bridgehead atoms. The summed E-state index contributed by atoms with van der Waals surface area (Å²) in [4.78, 5) is 0.